The number of carbonyl (C=O) groups is 3. The first-order chi connectivity index (χ1) is 12.0. The molecule has 3 rings (SSSR count). The van der Waals surface area contributed by atoms with E-state index in [1.165, 1.54) is 5.56 Å². The monoisotopic (exact) mass is 343 g/mol. The second-order valence-electron chi connectivity index (χ2n) is 7.20. The number of hydrogen-bond acceptors (Lipinski definition) is 3. The Balaban J connectivity index is 1.45. The molecule has 0 saturated carbocycles. The van der Waals surface area contributed by atoms with Gasteiger partial charge in [-0.1, -0.05) is 37.3 Å². The molecule has 134 valence electrons. The van der Waals surface area contributed by atoms with Gasteiger partial charge in [0.05, 0.1) is 0 Å². The molecule has 0 aliphatic carbocycles. The van der Waals surface area contributed by atoms with E-state index >= 15 is 0 Å². The van der Waals surface area contributed by atoms with E-state index in [1.807, 2.05) is 23.1 Å². The molecule has 6 nitrogen and oxygen atoms in total. The molecule has 2 fully saturated rings. The van der Waals surface area contributed by atoms with Crippen LogP contribution >= 0.6 is 0 Å². The number of nitrogens with one attached hydrogen (secondary N) is 2. The number of amides is 4. The van der Waals surface area contributed by atoms with Gasteiger partial charge in [-0.2, -0.15) is 0 Å². The summed E-state index contributed by atoms with van der Waals surface area (Å²) in [6.07, 6.45) is 3.44. The summed E-state index contributed by atoms with van der Waals surface area (Å²) >= 11 is 0. The predicted molar refractivity (Wildman–Crippen MR) is 93.8 cm³/mol. The molecule has 0 radical (unpaired) electrons. The minimum atomic E-state index is -0.813. The highest BCUT2D eigenvalue weighted by molar-refractivity contribution is 6.07. The third kappa shape index (κ3) is 4.00. The fourth-order valence-electron chi connectivity index (χ4n) is 3.60. The molecule has 1 aromatic rings. The van der Waals surface area contributed by atoms with Crippen LogP contribution in [0.5, 0.6) is 0 Å². The molecular weight excluding hydrogens is 318 g/mol. The van der Waals surface area contributed by atoms with Gasteiger partial charge in [-0.05, 0) is 37.2 Å². The number of aryl methyl sites for hydroxylation is 1. The molecule has 25 heavy (non-hydrogen) atoms. The lowest BCUT2D eigenvalue weighted by molar-refractivity contribution is -0.136. The molecule has 1 spiro atoms. The first kappa shape index (κ1) is 17.5. The molecule has 6 heteroatoms. The van der Waals surface area contributed by atoms with Crippen LogP contribution in [0.15, 0.2) is 30.3 Å². The molecule has 2 saturated heterocycles. The molecule has 2 aliphatic rings. The molecule has 2 aliphatic heterocycles. The van der Waals surface area contributed by atoms with Crippen LogP contribution in [0.25, 0.3) is 0 Å². The smallest absolute Gasteiger partial charge is 0.322 e. The van der Waals surface area contributed by atoms with Gasteiger partial charge >= 0.3 is 6.03 Å². The highest BCUT2D eigenvalue weighted by Gasteiger charge is 2.48. The van der Waals surface area contributed by atoms with Crippen molar-refractivity contribution in [3.05, 3.63) is 35.9 Å². The fraction of sp³-hybridized carbons (Fsp3) is 0.526. The normalized spacial score (nSPS) is 20.3. The number of hydrogen-bond donors (Lipinski definition) is 2. The van der Waals surface area contributed by atoms with Crippen molar-refractivity contribution in [1.29, 1.82) is 0 Å². The second kappa shape index (κ2) is 7.25. The number of urea groups is 1. The van der Waals surface area contributed by atoms with Crippen molar-refractivity contribution in [1.82, 2.24) is 15.5 Å². The van der Waals surface area contributed by atoms with Crippen molar-refractivity contribution in [3.63, 3.8) is 0 Å². The van der Waals surface area contributed by atoms with Crippen LogP contribution in [0.3, 0.4) is 0 Å². The van der Waals surface area contributed by atoms with E-state index in [0.29, 0.717) is 38.3 Å². The van der Waals surface area contributed by atoms with Crippen molar-refractivity contribution in [2.45, 2.75) is 44.6 Å². The van der Waals surface area contributed by atoms with Gasteiger partial charge < -0.3 is 10.2 Å². The van der Waals surface area contributed by atoms with E-state index in [4.69, 9.17) is 0 Å². The van der Waals surface area contributed by atoms with Crippen molar-refractivity contribution in [2.24, 2.45) is 5.92 Å². The zero-order valence-corrected chi connectivity index (χ0v) is 14.6. The quantitative estimate of drug-likeness (QED) is 0.801. The zero-order valence-electron chi connectivity index (χ0n) is 14.6. The van der Waals surface area contributed by atoms with Crippen LogP contribution in [-0.2, 0) is 16.0 Å². The van der Waals surface area contributed by atoms with Crippen LogP contribution in [0.2, 0.25) is 0 Å². The number of nitrogens with zero attached hydrogens (tertiary/aromatic N) is 1. The standard InChI is InChI=1S/C19H25N3O3/c1-14(7-8-15-5-3-2-4-6-15)13-16(23)22-11-9-19(10-12-22)17(24)20-18(25)21-19/h2-6,14H,7-13H2,1H3,(H2,20,21,24,25)/t14-/m1/s1. The van der Waals surface area contributed by atoms with Crippen molar-refractivity contribution in [2.75, 3.05) is 13.1 Å². The SMILES string of the molecule is C[C@H](CCc1ccccc1)CC(=O)N1CCC2(CC1)NC(=O)NC2=O. The molecular formula is C19H25N3O3. The van der Waals surface area contributed by atoms with Gasteiger partial charge in [0.2, 0.25) is 5.91 Å². The summed E-state index contributed by atoms with van der Waals surface area (Å²) in [5.74, 6) is 0.194. The summed E-state index contributed by atoms with van der Waals surface area (Å²) < 4.78 is 0. The lowest BCUT2D eigenvalue weighted by atomic mass is 9.87. The average Bonchev–Trinajstić information content (AvgIpc) is 2.87. The number of benzene rings is 1. The summed E-state index contributed by atoms with van der Waals surface area (Å²) in [5.41, 5.74) is 0.483. The van der Waals surface area contributed by atoms with Crippen LogP contribution in [0, 0.1) is 5.92 Å². The Hall–Kier alpha value is -2.37. The van der Waals surface area contributed by atoms with E-state index in [-0.39, 0.29) is 11.8 Å². The Bertz CT molecular complexity index is 651. The van der Waals surface area contributed by atoms with E-state index in [1.54, 1.807) is 0 Å². The minimum Gasteiger partial charge on any atom is -0.342 e. The maximum Gasteiger partial charge on any atom is 0.322 e. The molecule has 0 unspecified atom stereocenters. The van der Waals surface area contributed by atoms with Crippen molar-refractivity contribution in [3.8, 4) is 0 Å². The molecule has 1 atom stereocenters. The number of likely N-dealkylation sites (tertiary alicyclic amines) is 1. The number of rotatable bonds is 5. The summed E-state index contributed by atoms with van der Waals surface area (Å²) in [6.45, 7) is 3.13. The second-order valence-corrected chi connectivity index (χ2v) is 7.20. The number of piperidine rings is 1. The minimum absolute atomic E-state index is 0.139. The summed E-state index contributed by atoms with van der Waals surface area (Å²) in [7, 11) is 0. The summed E-state index contributed by atoms with van der Waals surface area (Å²) in [5, 5.41) is 5.01. The number of carbonyl (C=O) groups excluding carboxylic acids is 3. The van der Waals surface area contributed by atoms with E-state index in [9.17, 15) is 14.4 Å². The Kier molecular flexibility index (Phi) is 5.06. The van der Waals surface area contributed by atoms with Gasteiger partial charge in [-0.3, -0.25) is 14.9 Å². The summed E-state index contributed by atoms with van der Waals surface area (Å²) in [6, 6.07) is 9.87. The first-order valence-corrected chi connectivity index (χ1v) is 8.94. The first-order valence-electron chi connectivity index (χ1n) is 8.94. The Morgan fingerprint density at radius 3 is 2.48 bits per heavy atom. The molecule has 0 aromatic heterocycles. The third-order valence-corrected chi connectivity index (χ3v) is 5.28. The highest BCUT2D eigenvalue weighted by atomic mass is 16.2. The zero-order chi connectivity index (χ0) is 17.9. The fourth-order valence-corrected chi connectivity index (χ4v) is 3.60. The molecule has 2 N–H and O–H groups in total. The van der Waals surface area contributed by atoms with Crippen molar-refractivity contribution < 1.29 is 14.4 Å². The topological polar surface area (TPSA) is 78.5 Å². The molecule has 2 heterocycles. The van der Waals surface area contributed by atoms with Gasteiger partial charge in [0.15, 0.2) is 0 Å². The van der Waals surface area contributed by atoms with Crippen LogP contribution < -0.4 is 10.6 Å². The van der Waals surface area contributed by atoms with Gasteiger partial charge in [0.1, 0.15) is 5.54 Å². The van der Waals surface area contributed by atoms with Crippen molar-refractivity contribution >= 4 is 17.8 Å². The van der Waals surface area contributed by atoms with Gasteiger partial charge in [-0.25, -0.2) is 4.79 Å². The maximum atomic E-state index is 12.5. The third-order valence-electron chi connectivity index (χ3n) is 5.28. The summed E-state index contributed by atoms with van der Waals surface area (Å²) in [4.78, 5) is 37.6. The lowest BCUT2D eigenvalue weighted by Gasteiger charge is -2.37. The maximum absolute atomic E-state index is 12.5. The number of imide groups is 1. The van der Waals surface area contributed by atoms with Crippen LogP contribution in [0.1, 0.15) is 38.2 Å². The van der Waals surface area contributed by atoms with Gasteiger partial charge in [-0.15, -0.1) is 0 Å². The molecule has 4 amide bonds. The Morgan fingerprint density at radius 2 is 1.88 bits per heavy atom. The van der Waals surface area contributed by atoms with Crippen LogP contribution in [0.4, 0.5) is 4.79 Å². The predicted octanol–water partition coefficient (Wildman–Crippen LogP) is 1.85. The average molecular weight is 343 g/mol. The van der Waals surface area contributed by atoms with E-state index < -0.39 is 11.6 Å². The Labute approximate surface area is 148 Å². The molecule has 1 aromatic carbocycles. The largest absolute Gasteiger partial charge is 0.342 e. The van der Waals surface area contributed by atoms with E-state index in [0.717, 1.165) is 12.8 Å². The van der Waals surface area contributed by atoms with Gasteiger partial charge in [0.25, 0.3) is 5.91 Å². The van der Waals surface area contributed by atoms with Crippen LogP contribution in [-0.4, -0.2) is 41.4 Å². The Morgan fingerprint density at radius 1 is 1.20 bits per heavy atom. The highest BCUT2D eigenvalue weighted by Crippen LogP contribution is 2.26. The molecule has 0 bridgehead atoms. The van der Waals surface area contributed by atoms with E-state index in [2.05, 4.69) is 29.7 Å². The lowest BCUT2D eigenvalue weighted by Crippen LogP contribution is -2.55. The van der Waals surface area contributed by atoms with Gasteiger partial charge in [0, 0.05) is 19.5 Å².